The van der Waals surface area contributed by atoms with Crippen molar-refractivity contribution in [3.8, 4) is 5.75 Å². The fourth-order valence-corrected chi connectivity index (χ4v) is 4.95. The molecule has 0 aromatic heterocycles. The van der Waals surface area contributed by atoms with E-state index in [1.165, 1.54) is 25.7 Å². The van der Waals surface area contributed by atoms with Gasteiger partial charge in [0.1, 0.15) is 0 Å². The number of hydrogen-bond acceptors (Lipinski definition) is 2. The van der Waals surface area contributed by atoms with E-state index in [2.05, 4.69) is 25.7 Å². The van der Waals surface area contributed by atoms with E-state index in [4.69, 9.17) is 34.8 Å². The zero-order valence-corrected chi connectivity index (χ0v) is 17.1. The lowest BCUT2D eigenvalue weighted by Crippen LogP contribution is -2.47. The Morgan fingerprint density at radius 3 is 2.54 bits per heavy atom. The Bertz CT molecular complexity index is 578. The molecule has 0 bridgehead atoms. The van der Waals surface area contributed by atoms with E-state index >= 15 is 0 Å². The third-order valence-electron chi connectivity index (χ3n) is 5.61. The van der Waals surface area contributed by atoms with Crippen molar-refractivity contribution in [1.29, 1.82) is 0 Å². The van der Waals surface area contributed by atoms with Gasteiger partial charge >= 0.3 is 0 Å². The molecule has 0 amide bonds. The maximum atomic E-state index is 10.1. The van der Waals surface area contributed by atoms with E-state index in [9.17, 15) is 5.11 Å². The molecule has 0 spiro atoms. The van der Waals surface area contributed by atoms with Crippen LogP contribution in [0.5, 0.6) is 5.75 Å². The lowest BCUT2D eigenvalue weighted by molar-refractivity contribution is 0.109. The third-order valence-corrected chi connectivity index (χ3v) is 6.57. The van der Waals surface area contributed by atoms with Crippen LogP contribution in [0, 0.1) is 5.92 Å². The molecule has 2 nitrogen and oxygen atoms in total. The number of phenolic OH excluding ortho intramolecular Hbond substituents is 1. The molecule has 0 aliphatic carbocycles. The van der Waals surface area contributed by atoms with Crippen LogP contribution in [0.4, 0.5) is 0 Å². The Balaban J connectivity index is 2.14. The molecule has 0 saturated carbocycles. The second-order valence-electron chi connectivity index (χ2n) is 7.31. The maximum Gasteiger partial charge on any atom is 0.153 e. The minimum absolute atomic E-state index is 0.0619. The van der Waals surface area contributed by atoms with Crippen molar-refractivity contribution >= 4 is 34.8 Å². The van der Waals surface area contributed by atoms with Gasteiger partial charge in [0.2, 0.25) is 0 Å². The summed E-state index contributed by atoms with van der Waals surface area (Å²) >= 11 is 18.9. The summed E-state index contributed by atoms with van der Waals surface area (Å²) in [7, 11) is 0. The highest BCUT2D eigenvalue weighted by molar-refractivity contribution is 6.41. The smallest absolute Gasteiger partial charge is 0.153 e. The Hall–Kier alpha value is -0.150. The largest absolute Gasteiger partial charge is 0.505 e. The molecule has 5 heteroatoms. The number of hydrogen-bond donors (Lipinski definition) is 1. The number of aromatic hydroxyl groups is 1. The van der Waals surface area contributed by atoms with E-state index < -0.39 is 0 Å². The van der Waals surface area contributed by atoms with Crippen LogP contribution in [-0.4, -0.2) is 29.6 Å². The maximum absolute atomic E-state index is 10.1. The first-order chi connectivity index (χ1) is 11.3. The van der Waals surface area contributed by atoms with E-state index in [0.717, 1.165) is 31.6 Å². The lowest BCUT2D eigenvalue weighted by Gasteiger charge is -2.46. The number of nitrogens with zero attached hydrogens (tertiary/aromatic N) is 1. The van der Waals surface area contributed by atoms with Crippen molar-refractivity contribution in [2.45, 2.75) is 58.3 Å². The summed E-state index contributed by atoms with van der Waals surface area (Å²) in [6.07, 6.45) is 6.13. The fraction of sp³-hybridized carbons (Fsp3) is 0.684. The van der Waals surface area contributed by atoms with E-state index in [1.807, 2.05) is 0 Å². The normalized spacial score (nSPS) is 25.2. The fourth-order valence-electron chi connectivity index (χ4n) is 3.76. The number of benzene rings is 1. The predicted molar refractivity (Wildman–Crippen MR) is 105 cm³/mol. The highest BCUT2D eigenvalue weighted by atomic mass is 35.5. The van der Waals surface area contributed by atoms with Crippen LogP contribution in [0.15, 0.2) is 6.07 Å². The summed E-state index contributed by atoms with van der Waals surface area (Å²) in [5, 5.41) is 11.2. The van der Waals surface area contributed by atoms with Crippen molar-refractivity contribution in [2.75, 3.05) is 19.6 Å². The van der Waals surface area contributed by atoms with Crippen molar-refractivity contribution in [3.05, 3.63) is 26.7 Å². The van der Waals surface area contributed by atoms with E-state index in [-0.39, 0.29) is 16.2 Å². The van der Waals surface area contributed by atoms with Gasteiger partial charge in [-0.2, -0.15) is 0 Å². The van der Waals surface area contributed by atoms with Crippen molar-refractivity contribution < 1.29 is 5.11 Å². The van der Waals surface area contributed by atoms with Crippen LogP contribution in [0.25, 0.3) is 0 Å². The highest BCUT2D eigenvalue weighted by Crippen LogP contribution is 2.49. The molecule has 1 aliphatic rings. The van der Waals surface area contributed by atoms with Gasteiger partial charge in [0, 0.05) is 17.0 Å². The summed E-state index contributed by atoms with van der Waals surface area (Å²) in [6, 6.07) is 1.61. The molecule has 1 saturated heterocycles. The van der Waals surface area contributed by atoms with Gasteiger partial charge in [0.05, 0.1) is 10.0 Å². The first-order valence-corrected chi connectivity index (χ1v) is 10.0. The molecule has 1 heterocycles. The van der Waals surface area contributed by atoms with Gasteiger partial charge < -0.3 is 10.0 Å². The van der Waals surface area contributed by atoms with Gasteiger partial charge in [-0.25, -0.2) is 0 Å². The van der Waals surface area contributed by atoms with Crippen LogP contribution in [0.2, 0.25) is 15.1 Å². The Kier molecular flexibility index (Phi) is 7.13. The topological polar surface area (TPSA) is 23.5 Å². The molecule has 1 N–H and O–H groups in total. The molecule has 1 aliphatic heterocycles. The highest BCUT2D eigenvalue weighted by Gasteiger charge is 2.41. The molecule has 0 radical (unpaired) electrons. The summed E-state index contributed by atoms with van der Waals surface area (Å²) in [4.78, 5) is 2.54. The number of phenols is 1. The number of likely N-dealkylation sites (tertiary alicyclic amines) is 1. The summed E-state index contributed by atoms with van der Waals surface area (Å²) in [6.45, 7) is 9.90. The Morgan fingerprint density at radius 2 is 1.92 bits per heavy atom. The SMILES string of the molecule is CCCCCCN1CCC(C)(c2c(Cl)cc(Cl)c(O)c2Cl)C(C)C1. The number of piperidine rings is 1. The standard InChI is InChI=1S/C19H28Cl3NO/c1-4-5-6-7-9-23-10-8-19(3,13(2)12-23)16-14(20)11-15(21)18(24)17(16)22/h11,13,24H,4-10,12H2,1-3H3. The average molecular weight is 393 g/mol. The molecule has 24 heavy (non-hydrogen) atoms. The quantitative estimate of drug-likeness (QED) is 0.556. The molecule has 1 fully saturated rings. The molecule has 1 aromatic rings. The lowest BCUT2D eigenvalue weighted by atomic mass is 9.68. The van der Waals surface area contributed by atoms with Crippen LogP contribution < -0.4 is 0 Å². The molecular formula is C19H28Cl3NO. The van der Waals surface area contributed by atoms with Gasteiger partial charge in [0.25, 0.3) is 0 Å². The third kappa shape index (κ3) is 4.15. The predicted octanol–water partition coefficient (Wildman–Crippen LogP) is 6.53. The minimum atomic E-state index is -0.157. The van der Waals surface area contributed by atoms with Gasteiger partial charge in [-0.05, 0) is 43.5 Å². The molecule has 2 atom stereocenters. The van der Waals surface area contributed by atoms with Crippen molar-refractivity contribution in [1.82, 2.24) is 4.90 Å². The van der Waals surface area contributed by atoms with Crippen LogP contribution in [0.3, 0.4) is 0 Å². The monoisotopic (exact) mass is 391 g/mol. The zero-order valence-electron chi connectivity index (χ0n) is 14.8. The molecule has 2 unspecified atom stereocenters. The Labute approximate surface area is 161 Å². The second-order valence-corrected chi connectivity index (χ2v) is 8.50. The van der Waals surface area contributed by atoms with Gasteiger partial charge in [-0.3, -0.25) is 0 Å². The number of rotatable bonds is 6. The Morgan fingerprint density at radius 1 is 1.21 bits per heavy atom. The second kappa shape index (κ2) is 8.49. The molecule has 2 rings (SSSR count). The first kappa shape index (κ1) is 20.2. The summed E-state index contributed by atoms with van der Waals surface area (Å²) < 4.78 is 0. The van der Waals surface area contributed by atoms with Crippen LogP contribution in [-0.2, 0) is 5.41 Å². The zero-order chi connectivity index (χ0) is 17.9. The summed E-state index contributed by atoms with van der Waals surface area (Å²) in [5.74, 6) is 0.334. The van der Waals surface area contributed by atoms with Crippen molar-refractivity contribution in [2.24, 2.45) is 5.92 Å². The molecular weight excluding hydrogens is 365 g/mol. The van der Waals surface area contributed by atoms with E-state index in [0.29, 0.717) is 16.0 Å². The minimum Gasteiger partial charge on any atom is -0.505 e. The van der Waals surface area contributed by atoms with Gasteiger partial charge in [-0.15, -0.1) is 0 Å². The first-order valence-electron chi connectivity index (χ1n) is 8.90. The van der Waals surface area contributed by atoms with Crippen LogP contribution in [0.1, 0.15) is 58.4 Å². The van der Waals surface area contributed by atoms with Gasteiger partial charge in [0.15, 0.2) is 5.75 Å². The van der Waals surface area contributed by atoms with Gasteiger partial charge in [-0.1, -0.05) is 74.8 Å². The van der Waals surface area contributed by atoms with Crippen LogP contribution >= 0.6 is 34.8 Å². The summed E-state index contributed by atoms with van der Waals surface area (Å²) in [5.41, 5.74) is 0.682. The molecule has 1 aromatic carbocycles. The number of unbranched alkanes of at least 4 members (excludes halogenated alkanes) is 3. The average Bonchev–Trinajstić information content (AvgIpc) is 2.53. The molecule has 136 valence electrons. The number of halogens is 3. The van der Waals surface area contributed by atoms with E-state index in [1.54, 1.807) is 6.07 Å². The van der Waals surface area contributed by atoms with Crippen molar-refractivity contribution in [3.63, 3.8) is 0 Å².